The zero-order chi connectivity index (χ0) is 12.4. The van der Waals surface area contributed by atoms with Crippen molar-refractivity contribution in [3.63, 3.8) is 0 Å². The van der Waals surface area contributed by atoms with Crippen molar-refractivity contribution in [1.29, 1.82) is 0 Å². The van der Waals surface area contributed by atoms with Gasteiger partial charge in [-0.25, -0.2) is 12.7 Å². The number of oxime groups is 1. The van der Waals surface area contributed by atoms with Crippen molar-refractivity contribution >= 4 is 27.6 Å². The maximum Gasteiger partial charge on any atom is 0.211 e. The Bertz CT molecular complexity index is 372. The molecule has 94 valence electrons. The second-order valence-corrected chi connectivity index (χ2v) is 7.02. The van der Waals surface area contributed by atoms with Gasteiger partial charge in [-0.1, -0.05) is 5.16 Å². The average Bonchev–Trinajstić information content (AvgIpc) is 2.26. The summed E-state index contributed by atoms with van der Waals surface area (Å²) < 4.78 is 23.7. The van der Waals surface area contributed by atoms with Crippen LogP contribution >= 0.6 is 11.8 Å². The summed E-state index contributed by atoms with van der Waals surface area (Å²) in [6, 6.07) is 0. The lowest BCUT2D eigenvalue weighted by atomic mass is 9.96. The first-order chi connectivity index (χ1) is 7.35. The van der Waals surface area contributed by atoms with Crippen molar-refractivity contribution < 1.29 is 13.6 Å². The van der Waals surface area contributed by atoms with Gasteiger partial charge < -0.3 is 10.9 Å². The molecule has 0 aromatic rings. The lowest BCUT2D eigenvalue weighted by molar-refractivity contribution is 0.301. The molecule has 0 aliphatic carbocycles. The smallest absolute Gasteiger partial charge is 0.211 e. The molecule has 8 heteroatoms. The minimum Gasteiger partial charge on any atom is -0.409 e. The SMILES string of the molecule is CSC1(C(N)=NO)CCN(S(C)(=O)=O)CC1. The normalized spacial score (nSPS) is 23.2. The highest BCUT2D eigenvalue weighted by atomic mass is 32.2. The molecule has 1 rings (SSSR count). The molecule has 1 aliphatic heterocycles. The predicted molar refractivity (Wildman–Crippen MR) is 65.3 cm³/mol. The monoisotopic (exact) mass is 267 g/mol. The van der Waals surface area contributed by atoms with Crippen molar-refractivity contribution in [3.8, 4) is 0 Å². The largest absolute Gasteiger partial charge is 0.409 e. The van der Waals surface area contributed by atoms with E-state index in [2.05, 4.69) is 5.16 Å². The van der Waals surface area contributed by atoms with Crippen molar-refractivity contribution in [3.05, 3.63) is 0 Å². The summed E-state index contributed by atoms with van der Waals surface area (Å²) in [5.74, 6) is 0.174. The molecule has 0 aromatic heterocycles. The summed E-state index contributed by atoms with van der Waals surface area (Å²) in [6.07, 6.45) is 4.21. The van der Waals surface area contributed by atoms with Crippen molar-refractivity contribution in [2.45, 2.75) is 17.6 Å². The number of nitrogens with two attached hydrogens (primary N) is 1. The lowest BCUT2D eigenvalue weighted by Crippen LogP contribution is -2.51. The third kappa shape index (κ3) is 2.61. The van der Waals surface area contributed by atoms with E-state index in [4.69, 9.17) is 10.9 Å². The van der Waals surface area contributed by atoms with Crippen LogP contribution in [0.3, 0.4) is 0 Å². The Hall–Kier alpha value is -0.470. The molecule has 16 heavy (non-hydrogen) atoms. The Morgan fingerprint density at radius 2 is 2.00 bits per heavy atom. The summed E-state index contributed by atoms with van der Waals surface area (Å²) in [6.45, 7) is 0.825. The number of hydrogen-bond acceptors (Lipinski definition) is 5. The molecule has 1 heterocycles. The van der Waals surface area contributed by atoms with Gasteiger partial charge in [0.2, 0.25) is 10.0 Å². The average molecular weight is 267 g/mol. The van der Waals surface area contributed by atoms with Crippen LogP contribution in [0.4, 0.5) is 0 Å². The Morgan fingerprint density at radius 1 is 1.50 bits per heavy atom. The van der Waals surface area contributed by atoms with E-state index >= 15 is 0 Å². The van der Waals surface area contributed by atoms with Gasteiger partial charge in [0.05, 0.1) is 11.0 Å². The quantitative estimate of drug-likeness (QED) is 0.322. The fourth-order valence-electron chi connectivity index (χ4n) is 1.84. The summed E-state index contributed by atoms with van der Waals surface area (Å²) in [5.41, 5.74) is 5.66. The minimum atomic E-state index is -3.14. The Morgan fingerprint density at radius 3 is 2.31 bits per heavy atom. The van der Waals surface area contributed by atoms with Crippen LogP contribution in [0, 0.1) is 0 Å². The highest BCUT2D eigenvalue weighted by Gasteiger charge is 2.40. The molecule has 0 unspecified atom stereocenters. The van der Waals surface area contributed by atoms with Gasteiger partial charge in [-0.05, 0) is 19.1 Å². The van der Waals surface area contributed by atoms with E-state index in [0.29, 0.717) is 25.9 Å². The standard InChI is InChI=1S/C8H17N3O3S2/c1-15-8(7(9)10-12)3-5-11(6-4-8)16(2,13)14/h12H,3-6H2,1-2H3,(H2,9,10). The lowest BCUT2D eigenvalue weighted by Gasteiger charge is -2.38. The Kier molecular flexibility index (Phi) is 4.08. The van der Waals surface area contributed by atoms with Crippen LogP contribution in [0.15, 0.2) is 5.16 Å². The van der Waals surface area contributed by atoms with E-state index in [9.17, 15) is 8.42 Å². The van der Waals surface area contributed by atoms with Crippen LogP contribution in [-0.4, -0.2) is 54.1 Å². The Balaban J connectivity index is 2.80. The van der Waals surface area contributed by atoms with Crippen LogP contribution in [0.1, 0.15) is 12.8 Å². The second-order valence-electron chi connectivity index (χ2n) is 3.85. The predicted octanol–water partition coefficient (Wildman–Crippen LogP) is -0.110. The summed E-state index contributed by atoms with van der Waals surface area (Å²) in [5, 5.41) is 11.8. The van der Waals surface area contributed by atoms with Crippen LogP contribution in [0.25, 0.3) is 0 Å². The first-order valence-corrected chi connectivity index (χ1v) is 7.91. The first kappa shape index (κ1) is 13.6. The van der Waals surface area contributed by atoms with Gasteiger partial charge in [0.25, 0.3) is 0 Å². The molecular weight excluding hydrogens is 250 g/mol. The maximum atomic E-state index is 11.3. The van der Waals surface area contributed by atoms with Gasteiger partial charge in [0.15, 0.2) is 5.84 Å². The molecule has 1 saturated heterocycles. The number of piperidine rings is 1. The number of rotatable bonds is 3. The number of nitrogens with zero attached hydrogens (tertiary/aromatic N) is 2. The summed E-state index contributed by atoms with van der Waals surface area (Å²) >= 11 is 1.50. The van der Waals surface area contributed by atoms with Crippen molar-refractivity contribution in [2.24, 2.45) is 10.9 Å². The van der Waals surface area contributed by atoms with E-state index < -0.39 is 14.8 Å². The summed E-state index contributed by atoms with van der Waals surface area (Å²) in [7, 11) is -3.14. The van der Waals surface area contributed by atoms with Gasteiger partial charge in [0.1, 0.15) is 0 Å². The number of amidine groups is 1. The third-order valence-corrected chi connectivity index (χ3v) is 5.67. The van der Waals surface area contributed by atoms with Crippen LogP contribution in [0.5, 0.6) is 0 Å². The minimum absolute atomic E-state index is 0.174. The van der Waals surface area contributed by atoms with E-state index in [1.165, 1.54) is 22.3 Å². The third-order valence-electron chi connectivity index (χ3n) is 2.96. The summed E-state index contributed by atoms with van der Waals surface area (Å²) in [4.78, 5) is 0. The van der Waals surface area contributed by atoms with Crippen LogP contribution < -0.4 is 5.73 Å². The number of thioether (sulfide) groups is 1. The molecule has 0 amide bonds. The fraction of sp³-hybridized carbons (Fsp3) is 0.875. The molecule has 0 bridgehead atoms. The highest BCUT2D eigenvalue weighted by molar-refractivity contribution is 8.00. The first-order valence-electron chi connectivity index (χ1n) is 4.84. The van der Waals surface area contributed by atoms with Gasteiger partial charge in [-0.15, -0.1) is 0 Å². The highest BCUT2D eigenvalue weighted by Crippen LogP contribution is 2.35. The molecule has 1 fully saturated rings. The molecule has 1 aliphatic rings. The molecule has 0 aromatic carbocycles. The fourth-order valence-corrected chi connectivity index (χ4v) is 3.52. The second kappa shape index (κ2) is 4.80. The van der Waals surface area contributed by atoms with Gasteiger partial charge in [0, 0.05) is 13.1 Å². The van der Waals surface area contributed by atoms with Gasteiger partial charge in [-0.3, -0.25) is 0 Å². The maximum absolute atomic E-state index is 11.3. The van der Waals surface area contributed by atoms with Gasteiger partial charge in [-0.2, -0.15) is 11.8 Å². The molecule has 3 N–H and O–H groups in total. The van der Waals surface area contributed by atoms with E-state index in [1.54, 1.807) is 0 Å². The molecular formula is C8H17N3O3S2. The zero-order valence-corrected chi connectivity index (χ0v) is 11.0. The van der Waals surface area contributed by atoms with Crippen molar-refractivity contribution in [1.82, 2.24) is 4.31 Å². The van der Waals surface area contributed by atoms with E-state index in [0.717, 1.165) is 0 Å². The zero-order valence-electron chi connectivity index (χ0n) is 9.38. The van der Waals surface area contributed by atoms with Crippen LogP contribution in [-0.2, 0) is 10.0 Å². The topological polar surface area (TPSA) is 96.0 Å². The number of hydrogen-bond donors (Lipinski definition) is 2. The molecule has 0 spiro atoms. The molecule has 0 saturated carbocycles. The Labute approximate surface area is 99.9 Å². The van der Waals surface area contributed by atoms with Crippen molar-refractivity contribution in [2.75, 3.05) is 25.6 Å². The van der Waals surface area contributed by atoms with E-state index in [1.807, 2.05) is 6.26 Å². The molecule has 0 atom stereocenters. The molecule has 6 nitrogen and oxygen atoms in total. The van der Waals surface area contributed by atoms with Crippen LogP contribution in [0.2, 0.25) is 0 Å². The molecule has 0 radical (unpaired) electrons. The number of sulfonamides is 1. The van der Waals surface area contributed by atoms with Gasteiger partial charge >= 0.3 is 0 Å². The van der Waals surface area contributed by atoms with E-state index in [-0.39, 0.29) is 5.84 Å².